The van der Waals surface area contributed by atoms with E-state index in [0.717, 1.165) is 12.4 Å². The van der Waals surface area contributed by atoms with E-state index in [1.807, 2.05) is 6.20 Å². The molecular weight excluding hydrogens is 186 g/mol. The Kier molecular flexibility index (Phi) is 3.29. The summed E-state index contributed by atoms with van der Waals surface area (Å²) in [7, 11) is 0. The van der Waals surface area contributed by atoms with Crippen molar-refractivity contribution >= 4 is 5.95 Å². The molecule has 1 heterocycles. The van der Waals surface area contributed by atoms with Gasteiger partial charge in [0.25, 0.3) is 0 Å². The first-order valence-electron chi connectivity index (χ1n) is 6.10. The topological polar surface area (TPSA) is 29.9 Å². The second-order valence-corrected chi connectivity index (χ2v) is 4.55. The highest BCUT2D eigenvalue weighted by atomic mass is 15.2. The van der Waals surface area contributed by atoms with Crippen molar-refractivity contribution in [3.05, 3.63) is 12.4 Å². The average molecular weight is 207 g/mol. The number of hydrogen-bond acceptors (Lipinski definition) is 2. The summed E-state index contributed by atoms with van der Waals surface area (Å²) in [4.78, 5) is 4.40. The van der Waals surface area contributed by atoms with E-state index in [4.69, 9.17) is 0 Å². The van der Waals surface area contributed by atoms with E-state index < -0.39 is 0 Å². The van der Waals surface area contributed by atoms with Gasteiger partial charge in [0.05, 0.1) is 0 Å². The molecule has 1 atom stereocenters. The lowest BCUT2D eigenvalue weighted by molar-refractivity contribution is 0.520. The molecule has 3 heteroatoms. The Hall–Kier alpha value is -0.990. The number of rotatable bonds is 4. The lowest BCUT2D eigenvalue weighted by Crippen LogP contribution is -2.18. The van der Waals surface area contributed by atoms with Crippen LogP contribution >= 0.6 is 0 Å². The van der Waals surface area contributed by atoms with Crippen molar-refractivity contribution < 1.29 is 0 Å². The molecule has 1 aromatic rings. The highest BCUT2D eigenvalue weighted by Crippen LogP contribution is 2.31. The van der Waals surface area contributed by atoms with Crippen molar-refractivity contribution in [2.75, 3.05) is 5.32 Å². The lowest BCUT2D eigenvalue weighted by Gasteiger charge is -2.18. The van der Waals surface area contributed by atoms with Crippen LogP contribution in [0.5, 0.6) is 0 Å². The Morgan fingerprint density at radius 2 is 2.27 bits per heavy atom. The van der Waals surface area contributed by atoms with Gasteiger partial charge in [-0.15, -0.1) is 0 Å². The van der Waals surface area contributed by atoms with Gasteiger partial charge in [-0.1, -0.05) is 19.8 Å². The van der Waals surface area contributed by atoms with E-state index in [2.05, 4.69) is 34.9 Å². The van der Waals surface area contributed by atoms with Crippen LogP contribution in [-0.2, 0) is 0 Å². The number of imidazole rings is 1. The number of nitrogens with one attached hydrogen (secondary N) is 1. The third-order valence-corrected chi connectivity index (χ3v) is 3.37. The fourth-order valence-corrected chi connectivity index (χ4v) is 2.22. The highest BCUT2D eigenvalue weighted by molar-refractivity contribution is 5.28. The molecule has 0 aromatic carbocycles. The molecule has 0 spiro atoms. The van der Waals surface area contributed by atoms with Crippen molar-refractivity contribution in [2.45, 2.75) is 58.0 Å². The predicted octanol–water partition coefficient (Wildman–Crippen LogP) is 3.21. The minimum atomic E-state index is 0.507. The lowest BCUT2D eigenvalue weighted by atomic mass is 10.2. The van der Waals surface area contributed by atoms with Crippen molar-refractivity contribution in [2.24, 2.45) is 0 Å². The number of aromatic nitrogens is 2. The molecule has 1 N–H and O–H groups in total. The molecular formula is C12H21N3. The normalized spacial score (nSPS) is 19.3. The van der Waals surface area contributed by atoms with Crippen LogP contribution in [0.1, 0.15) is 52.0 Å². The van der Waals surface area contributed by atoms with E-state index in [0.29, 0.717) is 12.1 Å². The molecule has 3 nitrogen and oxygen atoms in total. The summed E-state index contributed by atoms with van der Waals surface area (Å²) in [6.45, 7) is 4.40. The molecule has 0 aliphatic heterocycles. The maximum absolute atomic E-state index is 4.40. The first-order valence-corrected chi connectivity index (χ1v) is 6.10. The summed E-state index contributed by atoms with van der Waals surface area (Å²) >= 11 is 0. The maximum Gasteiger partial charge on any atom is 0.203 e. The SMILES string of the molecule is CCC(C)Nc1nccn1C1CCCC1. The van der Waals surface area contributed by atoms with Crippen LogP contribution in [0, 0.1) is 0 Å². The van der Waals surface area contributed by atoms with Crippen LogP contribution in [0.2, 0.25) is 0 Å². The van der Waals surface area contributed by atoms with Gasteiger partial charge in [-0.2, -0.15) is 0 Å². The Morgan fingerprint density at radius 1 is 1.53 bits per heavy atom. The second kappa shape index (κ2) is 4.69. The molecule has 1 aliphatic rings. The Labute approximate surface area is 91.9 Å². The molecule has 1 aromatic heterocycles. The first-order chi connectivity index (χ1) is 7.31. The smallest absolute Gasteiger partial charge is 0.203 e. The van der Waals surface area contributed by atoms with Crippen molar-refractivity contribution in [3.63, 3.8) is 0 Å². The molecule has 84 valence electrons. The summed E-state index contributed by atoms with van der Waals surface area (Å²) in [6, 6.07) is 1.19. The standard InChI is InChI=1S/C12H21N3/c1-3-10(2)14-12-13-8-9-15(12)11-6-4-5-7-11/h8-11H,3-7H2,1-2H3,(H,13,14). The molecule has 0 saturated heterocycles. The van der Waals surface area contributed by atoms with Gasteiger partial charge in [0.15, 0.2) is 0 Å². The van der Waals surface area contributed by atoms with Crippen LogP contribution in [-0.4, -0.2) is 15.6 Å². The first kappa shape index (κ1) is 10.5. The van der Waals surface area contributed by atoms with Gasteiger partial charge in [0.2, 0.25) is 5.95 Å². The molecule has 15 heavy (non-hydrogen) atoms. The molecule has 1 saturated carbocycles. The zero-order valence-electron chi connectivity index (χ0n) is 9.74. The molecule has 0 amide bonds. The van der Waals surface area contributed by atoms with Gasteiger partial charge >= 0.3 is 0 Å². The molecule has 1 fully saturated rings. The Morgan fingerprint density at radius 3 is 2.93 bits per heavy atom. The largest absolute Gasteiger partial charge is 0.353 e. The zero-order valence-corrected chi connectivity index (χ0v) is 9.74. The van der Waals surface area contributed by atoms with E-state index in [-0.39, 0.29) is 0 Å². The van der Waals surface area contributed by atoms with E-state index in [1.165, 1.54) is 25.7 Å². The van der Waals surface area contributed by atoms with Gasteiger partial charge in [0.1, 0.15) is 0 Å². The summed E-state index contributed by atoms with van der Waals surface area (Å²) in [6.07, 6.45) is 10.5. The van der Waals surface area contributed by atoms with E-state index >= 15 is 0 Å². The van der Waals surface area contributed by atoms with Crippen LogP contribution in [0.3, 0.4) is 0 Å². The van der Waals surface area contributed by atoms with Crippen LogP contribution in [0.15, 0.2) is 12.4 Å². The Bertz CT molecular complexity index is 300. The maximum atomic E-state index is 4.40. The third kappa shape index (κ3) is 2.33. The van der Waals surface area contributed by atoms with Crippen molar-refractivity contribution in [3.8, 4) is 0 Å². The van der Waals surface area contributed by atoms with Crippen molar-refractivity contribution in [1.82, 2.24) is 9.55 Å². The summed E-state index contributed by atoms with van der Waals surface area (Å²) in [5, 5.41) is 3.47. The van der Waals surface area contributed by atoms with Crippen LogP contribution in [0.4, 0.5) is 5.95 Å². The van der Waals surface area contributed by atoms with E-state index in [1.54, 1.807) is 0 Å². The molecule has 1 aliphatic carbocycles. The van der Waals surface area contributed by atoms with E-state index in [9.17, 15) is 0 Å². The zero-order chi connectivity index (χ0) is 10.7. The van der Waals surface area contributed by atoms with Gasteiger partial charge in [-0.25, -0.2) is 4.98 Å². The van der Waals surface area contributed by atoms with Gasteiger partial charge < -0.3 is 9.88 Å². The Balaban J connectivity index is 2.07. The van der Waals surface area contributed by atoms with Crippen LogP contribution < -0.4 is 5.32 Å². The fourth-order valence-electron chi connectivity index (χ4n) is 2.22. The summed E-state index contributed by atoms with van der Waals surface area (Å²) < 4.78 is 2.32. The third-order valence-electron chi connectivity index (χ3n) is 3.37. The average Bonchev–Trinajstić information content (AvgIpc) is 2.86. The monoisotopic (exact) mass is 207 g/mol. The number of anilines is 1. The van der Waals surface area contributed by atoms with Crippen molar-refractivity contribution in [1.29, 1.82) is 0 Å². The quantitative estimate of drug-likeness (QED) is 0.821. The fraction of sp³-hybridized carbons (Fsp3) is 0.750. The number of hydrogen-bond donors (Lipinski definition) is 1. The van der Waals surface area contributed by atoms with Gasteiger partial charge in [-0.05, 0) is 26.2 Å². The molecule has 0 radical (unpaired) electrons. The van der Waals surface area contributed by atoms with Gasteiger partial charge in [0, 0.05) is 24.5 Å². The molecule has 1 unspecified atom stereocenters. The minimum absolute atomic E-state index is 0.507. The molecule has 0 bridgehead atoms. The summed E-state index contributed by atoms with van der Waals surface area (Å²) in [5.74, 6) is 1.05. The minimum Gasteiger partial charge on any atom is -0.353 e. The van der Waals surface area contributed by atoms with Gasteiger partial charge in [-0.3, -0.25) is 0 Å². The predicted molar refractivity (Wildman–Crippen MR) is 63.1 cm³/mol. The molecule has 2 rings (SSSR count). The van der Waals surface area contributed by atoms with Crippen LogP contribution in [0.25, 0.3) is 0 Å². The summed E-state index contributed by atoms with van der Waals surface area (Å²) in [5.41, 5.74) is 0. The highest BCUT2D eigenvalue weighted by Gasteiger charge is 2.19. The second-order valence-electron chi connectivity index (χ2n) is 4.55. The number of nitrogens with zero attached hydrogens (tertiary/aromatic N) is 2.